The summed E-state index contributed by atoms with van der Waals surface area (Å²) in [5.41, 5.74) is 2.46. The first kappa shape index (κ1) is 16.6. The van der Waals surface area contributed by atoms with Gasteiger partial charge in [-0.05, 0) is 31.9 Å². The van der Waals surface area contributed by atoms with E-state index < -0.39 is 0 Å². The molecule has 3 rings (SSSR count). The van der Waals surface area contributed by atoms with E-state index in [2.05, 4.69) is 46.3 Å². The van der Waals surface area contributed by atoms with Crippen LogP contribution >= 0.6 is 0 Å². The van der Waals surface area contributed by atoms with Crippen LogP contribution in [0.3, 0.4) is 0 Å². The first-order valence-electron chi connectivity index (χ1n) is 8.37. The van der Waals surface area contributed by atoms with Crippen molar-refractivity contribution in [2.24, 2.45) is 0 Å². The van der Waals surface area contributed by atoms with E-state index in [1.165, 1.54) is 11.1 Å². The largest absolute Gasteiger partial charge is 0.454 e. The third kappa shape index (κ3) is 4.20. The molecule has 0 N–H and O–H groups in total. The van der Waals surface area contributed by atoms with Gasteiger partial charge in [0.2, 0.25) is 5.89 Å². The van der Waals surface area contributed by atoms with Gasteiger partial charge in [0.25, 0.3) is 5.89 Å². The fourth-order valence-corrected chi connectivity index (χ4v) is 3.12. The number of aromatic nitrogens is 2. The van der Waals surface area contributed by atoms with Gasteiger partial charge < -0.3 is 9.15 Å². The highest BCUT2D eigenvalue weighted by atomic mass is 16.5. The van der Waals surface area contributed by atoms with Crippen LogP contribution in [0.1, 0.15) is 42.2 Å². The van der Waals surface area contributed by atoms with E-state index in [1.807, 2.05) is 0 Å². The van der Waals surface area contributed by atoms with Crippen LogP contribution in [0.2, 0.25) is 0 Å². The van der Waals surface area contributed by atoms with Gasteiger partial charge in [0, 0.05) is 13.5 Å². The lowest BCUT2D eigenvalue weighted by Crippen LogP contribution is -2.44. The number of rotatable bonds is 5. The first-order chi connectivity index (χ1) is 11.6. The summed E-state index contributed by atoms with van der Waals surface area (Å²) in [6.45, 7) is 5.50. The van der Waals surface area contributed by atoms with Gasteiger partial charge in [-0.15, -0.1) is 10.2 Å². The molecule has 0 amide bonds. The summed E-state index contributed by atoms with van der Waals surface area (Å²) in [6.07, 6.45) is 2.98. The zero-order chi connectivity index (χ0) is 16.9. The summed E-state index contributed by atoms with van der Waals surface area (Å²) in [5.74, 6) is 0.597. The van der Waals surface area contributed by atoms with Gasteiger partial charge >= 0.3 is 5.97 Å². The molecule has 2 aromatic rings. The molecule has 1 unspecified atom stereocenters. The van der Waals surface area contributed by atoms with Crippen LogP contribution in [0.15, 0.2) is 28.7 Å². The summed E-state index contributed by atoms with van der Waals surface area (Å²) in [5, 5.41) is 7.59. The smallest absolute Gasteiger partial charge is 0.323 e. The van der Waals surface area contributed by atoms with E-state index in [0.717, 1.165) is 32.4 Å². The monoisotopic (exact) mass is 329 g/mol. The van der Waals surface area contributed by atoms with E-state index in [0.29, 0.717) is 11.8 Å². The molecule has 0 radical (unpaired) electrons. The van der Waals surface area contributed by atoms with Crippen LogP contribution in [-0.2, 0) is 22.7 Å². The number of ether oxygens (including phenoxy) is 1. The Morgan fingerprint density at radius 1 is 1.33 bits per heavy atom. The Kier molecular flexibility index (Phi) is 5.25. The number of piperidine rings is 1. The molecule has 1 fully saturated rings. The van der Waals surface area contributed by atoms with Gasteiger partial charge in [0.15, 0.2) is 6.61 Å². The molecule has 2 heterocycles. The van der Waals surface area contributed by atoms with E-state index in [9.17, 15) is 4.79 Å². The third-order valence-corrected chi connectivity index (χ3v) is 4.26. The minimum atomic E-state index is -0.210. The van der Waals surface area contributed by atoms with Crippen LogP contribution in [0, 0.1) is 13.8 Å². The summed E-state index contributed by atoms with van der Waals surface area (Å²) in [6, 6.07) is 8.20. The molecule has 128 valence electrons. The Morgan fingerprint density at radius 2 is 2.21 bits per heavy atom. The standard InChI is InChI=1S/C18H23N3O3/c1-13-6-5-7-15(10-13)11-21-9-4-3-8-16(21)18(22)23-12-17-20-19-14(2)24-17/h5-7,10,16H,3-4,8-9,11-12H2,1-2H3. The van der Waals surface area contributed by atoms with Gasteiger partial charge in [0.1, 0.15) is 6.04 Å². The van der Waals surface area contributed by atoms with Crippen LogP contribution in [0.5, 0.6) is 0 Å². The minimum Gasteiger partial charge on any atom is -0.454 e. The van der Waals surface area contributed by atoms with Gasteiger partial charge in [-0.3, -0.25) is 9.69 Å². The zero-order valence-electron chi connectivity index (χ0n) is 14.2. The maximum Gasteiger partial charge on any atom is 0.323 e. The molecule has 1 aromatic heterocycles. The van der Waals surface area contributed by atoms with Gasteiger partial charge in [0.05, 0.1) is 0 Å². The molecule has 6 heteroatoms. The summed E-state index contributed by atoms with van der Waals surface area (Å²) < 4.78 is 10.6. The lowest BCUT2D eigenvalue weighted by molar-refractivity contribution is -0.153. The van der Waals surface area contributed by atoms with Crippen LogP contribution in [0.4, 0.5) is 0 Å². The van der Waals surface area contributed by atoms with Crippen molar-refractivity contribution in [3.63, 3.8) is 0 Å². The third-order valence-electron chi connectivity index (χ3n) is 4.26. The molecule has 1 saturated heterocycles. The fourth-order valence-electron chi connectivity index (χ4n) is 3.12. The molecule has 24 heavy (non-hydrogen) atoms. The van der Waals surface area contributed by atoms with Crippen molar-refractivity contribution in [1.29, 1.82) is 0 Å². The van der Waals surface area contributed by atoms with Gasteiger partial charge in [-0.2, -0.15) is 0 Å². The molecule has 1 aliphatic heterocycles. The second-order valence-corrected chi connectivity index (χ2v) is 6.29. The van der Waals surface area contributed by atoms with E-state index in [-0.39, 0.29) is 18.6 Å². The molecule has 1 atom stereocenters. The predicted octanol–water partition coefficient (Wildman–Crippen LogP) is 2.78. The molecule has 0 aliphatic carbocycles. The van der Waals surface area contributed by atoms with Crippen molar-refractivity contribution in [2.45, 2.75) is 52.3 Å². The van der Waals surface area contributed by atoms with Crippen molar-refractivity contribution in [3.8, 4) is 0 Å². The highest BCUT2D eigenvalue weighted by molar-refractivity contribution is 5.75. The van der Waals surface area contributed by atoms with Crippen LogP contribution < -0.4 is 0 Å². The number of likely N-dealkylation sites (tertiary alicyclic amines) is 1. The SMILES string of the molecule is Cc1cccc(CN2CCCCC2C(=O)OCc2nnc(C)o2)c1. The molecular weight excluding hydrogens is 306 g/mol. The van der Waals surface area contributed by atoms with Crippen molar-refractivity contribution in [2.75, 3.05) is 6.54 Å². The van der Waals surface area contributed by atoms with Crippen LogP contribution in [-0.4, -0.2) is 33.7 Å². The molecule has 0 saturated carbocycles. The Labute approximate surface area is 141 Å². The normalized spacial score (nSPS) is 18.5. The van der Waals surface area contributed by atoms with E-state index in [4.69, 9.17) is 9.15 Å². The maximum atomic E-state index is 12.5. The molecule has 1 aromatic carbocycles. The Balaban J connectivity index is 1.61. The summed E-state index contributed by atoms with van der Waals surface area (Å²) >= 11 is 0. The number of nitrogens with zero attached hydrogens (tertiary/aromatic N) is 3. The number of esters is 1. The summed E-state index contributed by atoms with van der Waals surface area (Å²) in [4.78, 5) is 14.7. The van der Waals surface area contributed by atoms with Crippen molar-refractivity contribution in [3.05, 3.63) is 47.2 Å². The topological polar surface area (TPSA) is 68.5 Å². The first-order valence-corrected chi connectivity index (χ1v) is 8.37. The van der Waals surface area contributed by atoms with Crippen molar-refractivity contribution < 1.29 is 13.9 Å². The number of aryl methyl sites for hydroxylation is 2. The maximum absolute atomic E-state index is 12.5. The quantitative estimate of drug-likeness (QED) is 0.786. The van der Waals surface area contributed by atoms with Crippen LogP contribution in [0.25, 0.3) is 0 Å². The Bertz CT molecular complexity index is 698. The fraction of sp³-hybridized carbons (Fsp3) is 0.500. The van der Waals surface area contributed by atoms with Gasteiger partial charge in [-0.1, -0.05) is 36.2 Å². The minimum absolute atomic E-state index is 0.0362. The number of carbonyl (C=O) groups excluding carboxylic acids is 1. The zero-order valence-corrected chi connectivity index (χ0v) is 14.2. The summed E-state index contributed by atoms with van der Waals surface area (Å²) in [7, 11) is 0. The second kappa shape index (κ2) is 7.57. The van der Waals surface area contributed by atoms with E-state index >= 15 is 0 Å². The highest BCUT2D eigenvalue weighted by Crippen LogP contribution is 2.21. The highest BCUT2D eigenvalue weighted by Gasteiger charge is 2.30. The van der Waals surface area contributed by atoms with Gasteiger partial charge in [-0.25, -0.2) is 0 Å². The molecule has 6 nitrogen and oxygen atoms in total. The number of carbonyl (C=O) groups is 1. The number of hydrogen-bond donors (Lipinski definition) is 0. The average molecular weight is 329 g/mol. The predicted molar refractivity (Wildman–Crippen MR) is 88.1 cm³/mol. The molecule has 1 aliphatic rings. The van der Waals surface area contributed by atoms with E-state index in [1.54, 1.807) is 6.92 Å². The Morgan fingerprint density at radius 3 is 2.96 bits per heavy atom. The molecule has 0 spiro atoms. The Hall–Kier alpha value is -2.21. The number of hydrogen-bond acceptors (Lipinski definition) is 6. The van der Waals surface area contributed by atoms with Crippen molar-refractivity contribution in [1.82, 2.24) is 15.1 Å². The number of benzene rings is 1. The average Bonchev–Trinajstić information content (AvgIpc) is 2.99. The molecule has 0 bridgehead atoms. The lowest BCUT2D eigenvalue weighted by atomic mass is 10.0. The molecular formula is C18H23N3O3. The second-order valence-electron chi connectivity index (χ2n) is 6.29. The van der Waals surface area contributed by atoms with Crippen molar-refractivity contribution >= 4 is 5.97 Å². The lowest BCUT2D eigenvalue weighted by Gasteiger charge is -2.34.